The van der Waals surface area contributed by atoms with Crippen LogP contribution in [-0.4, -0.2) is 32.5 Å². The van der Waals surface area contributed by atoms with Crippen molar-refractivity contribution in [1.29, 1.82) is 0 Å². The van der Waals surface area contributed by atoms with Crippen LogP contribution in [0.15, 0.2) is 54.6 Å². The number of rotatable bonds is 7. The quantitative estimate of drug-likeness (QED) is 0.402. The van der Waals surface area contributed by atoms with Crippen molar-refractivity contribution in [1.82, 2.24) is 9.97 Å². The average Bonchev–Trinajstić information content (AvgIpc) is 2.67. The fraction of sp³-hybridized carbons (Fsp3) is 0.0556. The SMILES string of the molecule is O=C(O)CNc1nc(Nc2cc(Cl)ccc2[N+](=O)[O-])cc(-c2ccccc2)n1. The van der Waals surface area contributed by atoms with Crippen molar-refractivity contribution in [3.63, 3.8) is 0 Å². The molecule has 0 fully saturated rings. The Kier molecular flexibility index (Phi) is 5.66. The van der Waals surface area contributed by atoms with E-state index in [4.69, 9.17) is 16.7 Å². The summed E-state index contributed by atoms with van der Waals surface area (Å²) in [6.07, 6.45) is 0. The number of halogens is 1. The van der Waals surface area contributed by atoms with E-state index in [0.29, 0.717) is 10.7 Å². The number of hydrogen-bond acceptors (Lipinski definition) is 7. The molecule has 3 rings (SSSR count). The number of aliphatic carboxylic acids is 1. The molecule has 3 N–H and O–H groups in total. The Morgan fingerprint density at radius 2 is 1.89 bits per heavy atom. The minimum atomic E-state index is -1.08. The summed E-state index contributed by atoms with van der Waals surface area (Å²) in [5, 5.41) is 25.9. The van der Waals surface area contributed by atoms with Gasteiger partial charge in [0.2, 0.25) is 5.95 Å². The number of aromatic nitrogens is 2. The molecular weight excluding hydrogens is 386 g/mol. The Bertz CT molecular complexity index is 1030. The lowest BCUT2D eigenvalue weighted by atomic mass is 10.1. The summed E-state index contributed by atoms with van der Waals surface area (Å²) in [7, 11) is 0. The number of anilines is 3. The van der Waals surface area contributed by atoms with Gasteiger partial charge in [-0.2, -0.15) is 4.98 Å². The Morgan fingerprint density at radius 3 is 2.57 bits per heavy atom. The van der Waals surface area contributed by atoms with Crippen LogP contribution in [0.1, 0.15) is 0 Å². The topological polar surface area (TPSA) is 130 Å². The van der Waals surface area contributed by atoms with E-state index in [1.807, 2.05) is 30.3 Å². The van der Waals surface area contributed by atoms with Gasteiger partial charge in [0.1, 0.15) is 18.1 Å². The Morgan fingerprint density at radius 1 is 1.14 bits per heavy atom. The van der Waals surface area contributed by atoms with Crippen molar-refractivity contribution in [2.45, 2.75) is 0 Å². The maximum Gasteiger partial charge on any atom is 0.322 e. The molecule has 2 aromatic carbocycles. The van der Waals surface area contributed by atoms with Crippen LogP contribution in [0.25, 0.3) is 11.3 Å². The molecule has 0 aliphatic heterocycles. The first-order valence-corrected chi connectivity index (χ1v) is 8.41. The number of hydrogen-bond donors (Lipinski definition) is 3. The molecule has 1 heterocycles. The van der Waals surface area contributed by atoms with Crippen LogP contribution in [-0.2, 0) is 4.79 Å². The van der Waals surface area contributed by atoms with Gasteiger partial charge in [-0.05, 0) is 12.1 Å². The van der Waals surface area contributed by atoms with Gasteiger partial charge in [0.25, 0.3) is 5.69 Å². The zero-order valence-corrected chi connectivity index (χ0v) is 15.1. The molecule has 0 saturated carbocycles. The predicted octanol–water partition coefficient (Wildman–Crippen LogP) is 3.95. The van der Waals surface area contributed by atoms with Crippen LogP contribution in [0.5, 0.6) is 0 Å². The number of nitrogens with zero attached hydrogens (tertiary/aromatic N) is 3. The lowest BCUT2D eigenvalue weighted by Gasteiger charge is -2.11. The lowest BCUT2D eigenvalue weighted by Crippen LogP contribution is -2.15. The second-order valence-electron chi connectivity index (χ2n) is 5.62. The van der Waals surface area contributed by atoms with E-state index in [9.17, 15) is 14.9 Å². The summed E-state index contributed by atoms with van der Waals surface area (Å²) in [6, 6.07) is 14.9. The monoisotopic (exact) mass is 399 g/mol. The molecule has 142 valence electrons. The second kappa shape index (κ2) is 8.31. The third-order valence-corrected chi connectivity index (χ3v) is 3.85. The Hall–Kier alpha value is -3.72. The van der Waals surface area contributed by atoms with Gasteiger partial charge >= 0.3 is 5.97 Å². The summed E-state index contributed by atoms with van der Waals surface area (Å²) in [6.45, 7) is -0.380. The fourth-order valence-electron chi connectivity index (χ4n) is 2.41. The Labute approximate surface area is 164 Å². The van der Waals surface area contributed by atoms with Crippen molar-refractivity contribution in [3.05, 3.63) is 69.7 Å². The highest BCUT2D eigenvalue weighted by Crippen LogP contribution is 2.31. The summed E-state index contributed by atoms with van der Waals surface area (Å²) in [4.78, 5) is 30.1. The first kappa shape index (κ1) is 19.1. The highest BCUT2D eigenvalue weighted by molar-refractivity contribution is 6.31. The molecule has 0 aliphatic carbocycles. The van der Waals surface area contributed by atoms with Crippen molar-refractivity contribution < 1.29 is 14.8 Å². The van der Waals surface area contributed by atoms with Crippen molar-refractivity contribution in [3.8, 4) is 11.3 Å². The van der Waals surface area contributed by atoms with E-state index in [0.717, 1.165) is 5.56 Å². The van der Waals surface area contributed by atoms with Crippen LogP contribution < -0.4 is 10.6 Å². The minimum Gasteiger partial charge on any atom is -0.480 e. The molecule has 0 saturated heterocycles. The van der Waals surface area contributed by atoms with Gasteiger partial charge in [0.05, 0.1) is 10.6 Å². The van der Waals surface area contributed by atoms with Gasteiger partial charge in [-0.3, -0.25) is 14.9 Å². The maximum atomic E-state index is 11.3. The summed E-state index contributed by atoms with van der Waals surface area (Å²) >= 11 is 5.96. The van der Waals surface area contributed by atoms with E-state index in [1.54, 1.807) is 6.07 Å². The van der Waals surface area contributed by atoms with E-state index < -0.39 is 10.9 Å². The van der Waals surface area contributed by atoms with Crippen LogP contribution in [0.3, 0.4) is 0 Å². The molecule has 0 radical (unpaired) electrons. The van der Waals surface area contributed by atoms with Crippen molar-refractivity contribution >= 4 is 40.7 Å². The number of nitrogens with one attached hydrogen (secondary N) is 2. The standard InChI is InChI=1S/C18H14ClN5O4/c19-12-6-7-15(24(27)28)14(8-12)21-16-9-13(11-4-2-1-3-5-11)22-18(23-16)20-10-17(25)26/h1-9H,10H2,(H,25,26)(H2,20,21,22,23). The van der Waals surface area contributed by atoms with Gasteiger partial charge in [-0.25, -0.2) is 4.98 Å². The van der Waals surface area contributed by atoms with E-state index in [2.05, 4.69) is 20.6 Å². The average molecular weight is 400 g/mol. The third kappa shape index (κ3) is 4.71. The van der Waals surface area contributed by atoms with Gasteiger partial charge < -0.3 is 15.7 Å². The fourth-order valence-corrected chi connectivity index (χ4v) is 2.58. The van der Waals surface area contributed by atoms with E-state index in [-0.39, 0.29) is 29.7 Å². The van der Waals surface area contributed by atoms with Crippen LogP contribution in [0.4, 0.5) is 23.1 Å². The van der Waals surface area contributed by atoms with E-state index in [1.165, 1.54) is 18.2 Å². The Balaban J connectivity index is 2.02. The largest absolute Gasteiger partial charge is 0.480 e. The molecule has 1 aromatic heterocycles. The minimum absolute atomic E-state index is 0.0657. The normalized spacial score (nSPS) is 10.3. The molecule has 0 bridgehead atoms. The van der Waals surface area contributed by atoms with Crippen LogP contribution in [0.2, 0.25) is 5.02 Å². The lowest BCUT2D eigenvalue weighted by molar-refractivity contribution is -0.383. The molecule has 0 aliphatic rings. The molecule has 10 heteroatoms. The molecule has 28 heavy (non-hydrogen) atoms. The second-order valence-corrected chi connectivity index (χ2v) is 6.06. The van der Waals surface area contributed by atoms with Crippen molar-refractivity contribution in [2.24, 2.45) is 0 Å². The maximum absolute atomic E-state index is 11.3. The third-order valence-electron chi connectivity index (χ3n) is 3.61. The molecule has 0 amide bonds. The number of nitro benzene ring substituents is 1. The number of carbonyl (C=O) groups is 1. The zero-order valence-electron chi connectivity index (χ0n) is 14.3. The van der Waals surface area contributed by atoms with E-state index >= 15 is 0 Å². The first-order chi connectivity index (χ1) is 13.4. The van der Waals surface area contributed by atoms with Crippen LogP contribution >= 0.6 is 11.6 Å². The number of nitro groups is 1. The summed E-state index contributed by atoms with van der Waals surface area (Å²) in [5.74, 6) is -0.767. The first-order valence-electron chi connectivity index (χ1n) is 8.03. The number of benzene rings is 2. The molecule has 0 spiro atoms. The summed E-state index contributed by atoms with van der Waals surface area (Å²) in [5.41, 5.74) is 1.26. The number of carboxylic acids is 1. The van der Waals surface area contributed by atoms with Crippen molar-refractivity contribution in [2.75, 3.05) is 17.2 Å². The van der Waals surface area contributed by atoms with Crippen LogP contribution in [0, 0.1) is 10.1 Å². The van der Waals surface area contributed by atoms with Gasteiger partial charge in [-0.15, -0.1) is 0 Å². The van der Waals surface area contributed by atoms with Gasteiger partial charge in [0.15, 0.2) is 0 Å². The smallest absolute Gasteiger partial charge is 0.322 e. The number of carboxylic acid groups (broad SMARTS) is 1. The molecule has 0 unspecified atom stereocenters. The van der Waals surface area contributed by atoms with Gasteiger partial charge in [-0.1, -0.05) is 41.9 Å². The molecule has 0 atom stereocenters. The highest BCUT2D eigenvalue weighted by atomic mass is 35.5. The summed E-state index contributed by atoms with van der Waals surface area (Å²) < 4.78 is 0. The highest BCUT2D eigenvalue weighted by Gasteiger charge is 2.16. The molecular formula is C18H14ClN5O4. The molecule has 3 aromatic rings. The predicted molar refractivity (Wildman–Crippen MR) is 105 cm³/mol. The zero-order chi connectivity index (χ0) is 20.1. The van der Waals surface area contributed by atoms with Gasteiger partial charge in [0, 0.05) is 22.7 Å². The molecule has 9 nitrogen and oxygen atoms in total.